The van der Waals surface area contributed by atoms with E-state index in [9.17, 15) is 9.59 Å². The van der Waals surface area contributed by atoms with E-state index in [-0.39, 0.29) is 11.1 Å². The molecule has 4 nitrogen and oxygen atoms in total. The van der Waals surface area contributed by atoms with Gasteiger partial charge in [-0.2, -0.15) is 0 Å². The van der Waals surface area contributed by atoms with Crippen LogP contribution < -0.4 is 9.47 Å². The Kier molecular flexibility index (Phi) is 19.7. The first kappa shape index (κ1) is 54.8. The van der Waals surface area contributed by atoms with Gasteiger partial charge in [0.2, 0.25) is 0 Å². The number of hydrogen-bond acceptors (Lipinski definition) is 4. The summed E-state index contributed by atoms with van der Waals surface area (Å²) >= 11 is 0. The maximum Gasteiger partial charge on any atom is 0.344 e. The van der Waals surface area contributed by atoms with Gasteiger partial charge in [0.25, 0.3) is 0 Å². The monoisotopic (exact) mass is 1010 g/mol. The van der Waals surface area contributed by atoms with Gasteiger partial charge in [0.1, 0.15) is 11.5 Å². The number of unbranched alkanes of at least 4 members (excludes halogenated alkanes) is 20. The number of benzene rings is 9. The highest BCUT2D eigenvalue weighted by Gasteiger charge is 2.26. The van der Waals surface area contributed by atoms with Crippen molar-refractivity contribution in [1.82, 2.24) is 0 Å². The molecule has 0 bridgehead atoms. The average Bonchev–Trinajstić information content (AvgIpc) is 3.55. The lowest BCUT2D eigenvalue weighted by Gasteiger charge is -2.20. The molecule has 0 saturated heterocycles. The molecule has 0 atom stereocenters. The molecule has 398 valence electrons. The quantitative estimate of drug-likeness (QED) is 0.0183. The molecule has 9 aromatic rings. The van der Waals surface area contributed by atoms with Crippen LogP contribution in [0.25, 0.3) is 64.6 Å². The Hall–Kier alpha value is -6.00. The molecule has 0 N–H and O–H groups in total. The molecule has 0 unspecified atom stereocenters. The van der Waals surface area contributed by atoms with Gasteiger partial charge in [-0.15, -0.1) is 0 Å². The number of carbonyl (C=O) groups is 2. The number of esters is 2. The molecule has 0 amide bonds. The molecule has 0 aromatic heterocycles. The third-order valence-corrected chi connectivity index (χ3v) is 16.6. The highest BCUT2D eigenvalue weighted by Crippen LogP contribution is 2.44. The molecule has 0 aliphatic rings. The molecule has 0 aliphatic heterocycles. The van der Waals surface area contributed by atoms with Gasteiger partial charge in [-0.3, -0.25) is 0 Å². The van der Waals surface area contributed by atoms with Gasteiger partial charge < -0.3 is 9.47 Å². The molecular formula is C72H86O4. The second-order valence-corrected chi connectivity index (χ2v) is 22.5. The van der Waals surface area contributed by atoms with E-state index < -0.39 is 11.9 Å². The Balaban J connectivity index is 1.03. The van der Waals surface area contributed by atoms with Crippen LogP contribution in [0, 0.1) is 0 Å². The topological polar surface area (TPSA) is 52.6 Å². The molecule has 0 spiro atoms. The molecule has 0 heterocycles. The molecule has 9 rings (SSSR count). The highest BCUT2D eigenvalue weighted by molar-refractivity contribution is 6.26. The lowest BCUT2D eigenvalue weighted by Crippen LogP contribution is -2.18. The summed E-state index contributed by atoms with van der Waals surface area (Å²) in [6.07, 6.45) is 33.2. The van der Waals surface area contributed by atoms with Gasteiger partial charge >= 0.3 is 11.9 Å². The average molecular weight is 1020 g/mol. The van der Waals surface area contributed by atoms with E-state index in [1.54, 1.807) is 12.1 Å². The number of ether oxygens (including phenoxy) is 2. The third-order valence-electron chi connectivity index (χ3n) is 16.6. The Morgan fingerprint density at radius 1 is 0.316 bits per heavy atom. The van der Waals surface area contributed by atoms with Crippen molar-refractivity contribution in [2.75, 3.05) is 0 Å². The summed E-state index contributed by atoms with van der Waals surface area (Å²) in [5.41, 5.74) is 5.23. The van der Waals surface area contributed by atoms with E-state index >= 15 is 0 Å². The number of hydrogen-bond donors (Lipinski definition) is 0. The fourth-order valence-electron chi connectivity index (χ4n) is 12.4. The molecule has 0 radical (unpaired) electrons. The summed E-state index contributed by atoms with van der Waals surface area (Å²) in [6.45, 7) is 9.06. The van der Waals surface area contributed by atoms with Crippen LogP contribution in [0.1, 0.15) is 225 Å². The molecule has 76 heavy (non-hydrogen) atoms. The Bertz CT molecular complexity index is 3060. The molecule has 0 saturated carbocycles. The normalized spacial score (nSPS) is 11.9. The largest absolute Gasteiger partial charge is 0.422 e. The first-order chi connectivity index (χ1) is 37.4. The highest BCUT2D eigenvalue weighted by atomic mass is 16.5. The van der Waals surface area contributed by atoms with Crippen molar-refractivity contribution in [3.05, 3.63) is 143 Å². The third kappa shape index (κ3) is 13.0. The molecule has 0 aliphatic carbocycles. The molecule has 9 aromatic carbocycles. The fraction of sp³-hybridized carbons (Fsp3) is 0.444. The van der Waals surface area contributed by atoms with Gasteiger partial charge in [0.05, 0.1) is 11.1 Å². The fourth-order valence-corrected chi connectivity index (χ4v) is 12.4. The first-order valence-electron chi connectivity index (χ1n) is 30.4. The van der Waals surface area contributed by atoms with E-state index in [1.807, 2.05) is 12.1 Å². The summed E-state index contributed by atoms with van der Waals surface area (Å²) in [5.74, 6) is 0.103. The van der Waals surface area contributed by atoms with Crippen LogP contribution in [-0.4, -0.2) is 11.9 Å². The van der Waals surface area contributed by atoms with E-state index in [4.69, 9.17) is 9.47 Å². The van der Waals surface area contributed by atoms with E-state index in [1.165, 1.54) is 183 Å². The summed E-state index contributed by atoms with van der Waals surface area (Å²) in [6, 6.07) is 39.0. The predicted molar refractivity (Wildman–Crippen MR) is 325 cm³/mol. The minimum atomic E-state index is -0.549. The standard InChI is InChI=1S/C72H86O4/c1-5-9-13-17-21-25-31-51-45-53-37-39-57-49-59(33-27-23-19-15-11-7-3)69(63-43-41-55(47-51)65(53)67(57)63)75-71(73)61-35-29-30-36-62(61)72(74)76-70-60(34-28-24-20-16-12-8-4)50-58-40-38-54-46-52(32-26-22-18-14-10-6-2)48-56-42-44-64(70)68(58)66(54)56/h29-30,35-50H,5-28,31-34H2,1-4H3. The summed E-state index contributed by atoms with van der Waals surface area (Å²) in [5, 5.41) is 13.8. The minimum Gasteiger partial charge on any atom is -0.422 e. The number of rotatable bonds is 32. The zero-order chi connectivity index (χ0) is 52.6. The Labute approximate surface area is 455 Å². The van der Waals surface area contributed by atoms with Crippen LogP contribution in [0.5, 0.6) is 11.5 Å². The molecule has 0 fully saturated rings. The van der Waals surface area contributed by atoms with Crippen molar-refractivity contribution < 1.29 is 19.1 Å². The van der Waals surface area contributed by atoms with Crippen LogP contribution in [0.3, 0.4) is 0 Å². The number of carbonyl (C=O) groups excluding carboxylic acids is 2. The van der Waals surface area contributed by atoms with Crippen molar-refractivity contribution in [3.8, 4) is 11.5 Å². The second-order valence-electron chi connectivity index (χ2n) is 22.5. The Morgan fingerprint density at radius 2 is 0.605 bits per heavy atom. The predicted octanol–water partition coefficient (Wildman–Crippen LogP) is 21.5. The molecular weight excluding hydrogens is 929 g/mol. The van der Waals surface area contributed by atoms with Crippen molar-refractivity contribution in [1.29, 1.82) is 0 Å². The Morgan fingerprint density at radius 3 is 0.947 bits per heavy atom. The zero-order valence-electron chi connectivity index (χ0n) is 46.8. The van der Waals surface area contributed by atoms with Gasteiger partial charge in [-0.1, -0.05) is 229 Å². The lowest BCUT2D eigenvalue weighted by molar-refractivity contribution is 0.0693. The van der Waals surface area contributed by atoms with Gasteiger partial charge in [-0.05, 0) is 153 Å². The van der Waals surface area contributed by atoms with Crippen molar-refractivity contribution >= 4 is 76.6 Å². The maximum atomic E-state index is 15.0. The van der Waals surface area contributed by atoms with Crippen LogP contribution in [0.2, 0.25) is 0 Å². The summed E-state index contributed by atoms with van der Waals surface area (Å²) in [4.78, 5) is 29.9. The van der Waals surface area contributed by atoms with Crippen LogP contribution in [-0.2, 0) is 25.7 Å². The number of aryl methyl sites for hydroxylation is 4. The van der Waals surface area contributed by atoms with Crippen molar-refractivity contribution in [3.63, 3.8) is 0 Å². The zero-order valence-corrected chi connectivity index (χ0v) is 46.8. The van der Waals surface area contributed by atoms with Crippen LogP contribution in [0.4, 0.5) is 0 Å². The minimum absolute atomic E-state index is 0.205. The second kappa shape index (κ2) is 27.4. The van der Waals surface area contributed by atoms with E-state index in [2.05, 4.69) is 113 Å². The maximum absolute atomic E-state index is 15.0. The van der Waals surface area contributed by atoms with E-state index in [0.29, 0.717) is 11.5 Å². The lowest BCUT2D eigenvalue weighted by atomic mass is 9.89. The van der Waals surface area contributed by atoms with Gasteiger partial charge in [0.15, 0.2) is 0 Å². The smallest absolute Gasteiger partial charge is 0.344 e. The van der Waals surface area contributed by atoms with Crippen molar-refractivity contribution in [2.24, 2.45) is 0 Å². The summed E-state index contributed by atoms with van der Waals surface area (Å²) < 4.78 is 13.4. The van der Waals surface area contributed by atoms with Gasteiger partial charge in [0, 0.05) is 21.5 Å². The van der Waals surface area contributed by atoms with Crippen molar-refractivity contribution in [2.45, 2.75) is 207 Å². The van der Waals surface area contributed by atoms with E-state index in [0.717, 1.165) is 84.0 Å². The van der Waals surface area contributed by atoms with Crippen LogP contribution in [0.15, 0.2) is 109 Å². The van der Waals surface area contributed by atoms with Gasteiger partial charge in [-0.25, -0.2) is 9.59 Å². The van der Waals surface area contributed by atoms with Crippen LogP contribution >= 0.6 is 0 Å². The first-order valence-corrected chi connectivity index (χ1v) is 30.4. The SMILES string of the molecule is CCCCCCCCc1cc2ccc3cc(CCCCCCCC)c(OC(=O)c4ccccc4C(=O)Oc4c(CCCCCCCC)cc5ccc6cc(CCCCCCCC)cc7ccc4c5c67)c4ccc(c1)c2c34. The summed E-state index contributed by atoms with van der Waals surface area (Å²) in [7, 11) is 0. The molecule has 4 heteroatoms.